The minimum atomic E-state index is -0.929. The van der Waals surface area contributed by atoms with E-state index in [0.717, 1.165) is 17.9 Å². The molecule has 8 nitrogen and oxygen atoms in total. The van der Waals surface area contributed by atoms with Crippen LogP contribution in [0.25, 0.3) is 0 Å². The molecule has 2 aromatic carbocycles. The van der Waals surface area contributed by atoms with Gasteiger partial charge in [-0.15, -0.1) is 0 Å². The van der Waals surface area contributed by atoms with Gasteiger partial charge < -0.3 is 19.7 Å². The molecule has 0 saturated heterocycles. The molecular weight excluding hydrogens is 478 g/mol. The Bertz CT molecular complexity index is 1130. The van der Waals surface area contributed by atoms with E-state index in [1.165, 1.54) is 0 Å². The number of dihydropyridines is 1. The Morgan fingerprint density at radius 2 is 1.75 bits per heavy atom. The lowest BCUT2D eigenvalue weighted by Crippen LogP contribution is -2.32. The molecule has 0 fully saturated rings. The molecule has 3 rings (SSSR count). The van der Waals surface area contributed by atoms with Crippen molar-refractivity contribution in [2.24, 2.45) is 0 Å². The Morgan fingerprint density at radius 1 is 1.06 bits per heavy atom. The Labute approximate surface area is 216 Å². The Kier molecular flexibility index (Phi) is 9.95. The molecule has 1 atom stereocenters. The zero-order chi connectivity index (χ0) is 26.1. The summed E-state index contributed by atoms with van der Waals surface area (Å²) in [4.78, 5) is 27.1. The highest BCUT2D eigenvalue weighted by Gasteiger charge is 2.42. The summed E-state index contributed by atoms with van der Waals surface area (Å²) in [6.07, 6.45) is 0. The van der Waals surface area contributed by atoms with Crippen molar-refractivity contribution in [2.75, 3.05) is 38.8 Å². The fraction of sp³-hybridized carbons (Fsp3) is 0.370. The zero-order valence-corrected chi connectivity index (χ0v) is 22.0. The number of esters is 1. The number of benzene rings is 2. The lowest BCUT2D eigenvalue weighted by Gasteiger charge is -2.27. The number of nitro groups is 1. The van der Waals surface area contributed by atoms with E-state index in [-0.39, 0.29) is 17.9 Å². The first kappa shape index (κ1) is 27.3. The van der Waals surface area contributed by atoms with Crippen LogP contribution in [0, 0.1) is 10.1 Å². The average molecular weight is 512 g/mol. The molecule has 0 spiro atoms. The van der Waals surface area contributed by atoms with Gasteiger partial charge in [-0.2, -0.15) is 11.8 Å². The highest BCUT2D eigenvalue weighted by Crippen LogP contribution is 2.42. The van der Waals surface area contributed by atoms with Crippen LogP contribution in [0.3, 0.4) is 0 Å². The van der Waals surface area contributed by atoms with Gasteiger partial charge in [0.2, 0.25) is 0 Å². The molecular formula is C27H33N3O5S. The van der Waals surface area contributed by atoms with Crippen molar-refractivity contribution in [1.82, 2.24) is 10.2 Å². The van der Waals surface area contributed by atoms with Crippen LogP contribution in [0.1, 0.15) is 30.9 Å². The molecule has 2 aromatic rings. The third-order valence-corrected chi connectivity index (χ3v) is 6.68. The molecule has 0 amide bonds. The number of para-hydroxylation sites is 1. The molecule has 0 bridgehead atoms. The quantitative estimate of drug-likeness (QED) is 0.192. The molecule has 1 unspecified atom stereocenters. The monoisotopic (exact) mass is 511 g/mol. The summed E-state index contributed by atoms with van der Waals surface area (Å²) in [5.41, 5.74) is 2.57. The van der Waals surface area contributed by atoms with Gasteiger partial charge in [-0.3, -0.25) is 10.1 Å². The van der Waals surface area contributed by atoms with E-state index in [1.54, 1.807) is 43.8 Å². The number of ether oxygens (including phenoxy) is 2. The maximum absolute atomic E-state index is 13.3. The molecule has 0 saturated carbocycles. The number of carbonyl (C=O) groups is 1. The Balaban J connectivity index is 1.87. The van der Waals surface area contributed by atoms with Crippen LogP contribution in [0.2, 0.25) is 0 Å². The van der Waals surface area contributed by atoms with Crippen LogP contribution in [0.5, 0.6) is 5.75 Å². The molecule has 0 aromatic heterocycles. The van der Waals surface area contributed by atoms with E-state index in [1.807, 2.05) is 50.5 Å². The second-order valence-electron chi connectivity index (χ2n) is 8.73. The number of allylic oxidation sites excluding steroid dienone is 3. The third kappa shape index (κ3) is 7.11. The van der Waals surface area contributed by atoms with Gasteiger partial charge in [0, 0.05) is 29.3 Å². The van der Waals surface area contributed by atoms with Crippen molar-refractivity contribution in [3.63, 3.8) is 0 Å². The largest absolute Gasteiger partial charge is 0.489 e. The summed E-state index contributed by atoms with van der Waals surface area (Å²) in [7, 11) is 4.02. The molecule has 0 aliphatic carbocycles. The van der Waals surface area contributed by atoms with Crippen LogP contribution in [-0.4, -0.2) is 54.5 Å². The maximum Gasteiger partial charge on any atom is 0.337 e. The Hall–Kier alpha value is -3.30. The standard InChI is InChI=1S/C27H33N3O5S/c1-19-24(27(31)34-15-17-36-16-14-29(3)4)25(26(30(32)33)20(2)28-19)22-12-8-9-13-23(22)35-18-21-10-6-5-7-11-21/h5-13,25,28H,14-18H2,1-4H3. The van der Waals surface area contributed by atoms with E-state index < -0.39 is 16.8 Å². The lowest BCUT2D eigenvalue weighted by molar-refractivity contribution is -0.431. The first-order valence-electron chi connectivity index (χ1n) is 11.8. The molecule has 0 radical (unpaired) electrons. The summed E-state index contributed by atoms with van der Waals surface area (Å²) in [5, 5.41) is 15.2. The van der Waals surface area contributed by atoms with Crippen LogP contribution in [0.4, 0.5) is 0 Å². The summed E-state index contributed by atoms with van der Waals surface area (Å²) in [5.74, 6) is 0.566. The van der Waals surface area contributed by atoms with E-state index in [2.05, 4.69) is 10.2 Å². The van der Waals surface area contributed by atoms with E-state index in [0.29, 0.717) is 35.1 Å². The van der Waals surface area contributed by atoms with Gasteiger partial charge >= 0.3 is 5.97 Å². The molecule has 1 aliphatic heterocycles. The fourth-order valence-electron chi connectivity index (χ4n) is 4.00. The number of hydrogen-bond donors (Lipinski definition) is 1. The molecule has 1 aliphatic rings. The van der Waals surface area contributed by atoms with Gasteiger partial charge in [-0.05, 0) is 39.6 Å². The van der Waals surface area contributed by atoms with Crippen molar-refractivity contribution in [1.29, 1.82) is 0 Å². The summed E-state index contributed by atoms with van der Waals surface area (Å²) in [6, 6.07) is 16.8. The Morgan fingerprint density at radius 3 is 2.44 bits per heavy atom. The second kappa shape index (κ2) is 13.1. The van der Waals surface area contributed by atoms with Gasteiger partial charge in [0.1, 0.15) is 24.9 Å². The minimum absolute atomic E-state index is 0.0938. The van der Waals surface area contributed by atoms with E-state index >= 15 is 0 Å². The first-order chi connectivity index (χ1) is 17.3. The van der Waals surface area contributed by atoms with Crippen molar-refractivity contribution in [2.45, 2.75) is 26.4 Å². The van der Waals surface area contributed by atoms with Crippen molar-refractivity contribution < 1.29 is 19.2 Å². The van der Waals surface area contributed by atoms with Gasteiger partial charge in [0.05, 0.1) is 16.2 Å². The number of nitrogens with zero attached hydrogens (tertiary/aromatic N) is 2. The number of rotatable bonds is 12. The summed E-state index contributed by atoms with van der Waals surface area (Å²) in [6.45, 7) is 4.84. The van der Waals surface area contributed by atoms with E-state index in [9.17, 15) is 14.9 Å². The van der Waals surface area contributed by atoms with Gasteiger partial charge in [-0.1, -0.05) is 48.5 Å². The molecule has 1 heterocycles. The molecule has 1 N–H and O–H groups in total. The average Bonchev–Trinajstić information content (AvgIpc) is 2.84. The van der Waals surface area contributed by atoms with Crippen molar-refractivity contribution in [3.05, 3.63) is 98.5 Å². The molecule has 9 heteroatoms. The maximum atomic E-state index is 13.3. The number of carbonyl (C=O) groups excluding carboxylic acids is 1. The summed E-state index contributed by atoms with van der Waals surface area (Å²) >= 11 is 1.69. The predicted octanol–water partition coefficient (Wildman–Crippen LogP) is 4.57. The highest BCUT2D eigenvalue weighted by molar-refractivity contribution is 7.99. The van der Waals surface area contributed by atoms with E-state index in [4.69, 9.17) is 9.47 Å². The topological polar surface area (TPSA) is 93.9 Å². The normalized spacial score (nSPS) is 15.6. The third-order valence-electron chi connectivity index (χ3n) is 5.75. The smallest absolute Gasteiger partial charge is 0.337 e. The van der Waals surface area contributed by atoms with Gasteiger partial charge in [0.25, 0.3) is 5.70 Å². The molecule has 36 heavy (non-hydrogen) atoms. The van der Waals surface area contributed by atoms with Crippen LogP contribution in [-0.2, 0) is 16.1 Å². The number of hydrogen-bond acceptors (Lipinski definition) is 8. The summed E-state index contributed by atoms with van der Waals surface area (Å²) < 4.78 is 11.7. The molecule has 192 valence electrons. The second-order valence-corrected chi connectivity index (χ2v) is 9.95. The number of thioether (sulfide) groups is 1. The highest BCUT2D eigenvalue weighted by atomic mass is 32.2. The predicted molar refractivity (Wildman–Crippen MR) is 142 cm³/mol. The fourth-order valence-corrected chi connectivity index (χ4v) is 4.90. The van der Waals surface area contributed by atoms with Crippen LogP contribution >= 0.6 is 11.8 Å². The SMILES string of the molecule is CC1=C(C(=O)OCCSCCN(C)C)C(c2ccccc2OCc2ccccc2)C([N+](=O)[O-])=C(C)N1. The first-order valence-corrected chi connectivity index (χ1v) is 12.9. The zero-order valence-electron chi connectivity index (χ0n) is 21.2. The minimum Gasteiger partial charge on any atom is -0.489 e. The van der Waals surface area contributed by atoms with Gasteiger partial charge in [-0.25, -0.2) is 4.79 Å². The van der Waals surface area contributed by atoms with Crippen molar-refractivity contribution >= 4 is 17.7 Å². The van der Waals surface area contributed by atoms with Crippen molar-refractivity contribution in [3.8, 4) is 5.75 Å². The van der Waals surface area contributed by atoms with Crippen LogP contribution in [0.15, 0.2) is 77.3 Å². The van der Waals surface area contributed by atoms with Gasteiger partial charge in [0.15, 0.2) is 0 Å². The lowest BCUT2D eigenvalue weighted by atomic mass is 9.83. The van der Waals surface area contributed by atoms with Crippen LogP contribution < -0.4 is 10.1 Å². The number of nitrogens with one attached hydrogen (secondary N) is 1.